The van der Waals surface area contributed by atoms with Gasteiger partial charge in [0.05, 0.1) is 5.69 Å². The number of nitrogen functional groups attached to an aromatic ring is 1. The van der Waals surface area contributed by atoms with Gasteiger partial charge in [-0.25, -0.2) is 8.42 Å². The molecule has 2 rings (SSSR count). The number of rotatable bonds is 6. The van der Waals surface area contributed by atoms with Crippen molar-refractivity contribution in [3.8, 4) is 0 Å². The van der Waals surface area contributed by atoms with Crippen molar-refractivity contribution in [3.63, 3.8) is 0 Å². The van der Waals surface area contributed by atoms with Crippen molar-refractivity contribution in [3.05, 3.63) is 23.2 Å². The van der Waals surface area contributed by atoms with E-state index in [4.69, 9.17) is 17.3 Å². The molecule has 0 spiro atoms. The number of benzene rings is 1. The molecular formula is C13H19ClN2O2S. The van der Waals surface area contributed by atoms with Gasteiger partial charge in [-0.05, 0) is 37.5 Å². The minimum atomic E-state index is -3.54. The van der Waals surface area contributed by atoms with Gasteiger partial charge >= 0.3 is 0 Å². The van der Waals surface area contributed by atoms with Crippen LogP contribution in [0.2, 0.25) is 5.02 Å². The highest BCUT2D eigenvalue weighted by Crippen LogP contribution is 2.34. The number of nitrogens with zero attached hydrogens (tertiary/aromatic N) is 1. The summed E-state index contributed by atoms with van der Waals surface area (Å²) in [5.41, 5.74) is 6.05. The fourth-order valence-corrected chi connectivity index (χ4v) is 4.14. The first kappa shape index (κ1) is 14.6. The molecule has 1 fully saturated rings. The molecule has 106 valence electrons. The first-order valence-electron chi connectivity index (χ1n) is 6.53. The van der Waals surface area contributed by atoms with Gasteiger partial charge in [-0.15, -0.1) is 0 Å². The lowest BCUT2D eigenvalue weighted by molar-refractivity contribution is 0.396. The van der Waals surface area contributed by atoms with Gasteiger partial charge in [-0.2, -0.15) is 4.31 Å². The smallest absolute Gasteiger partial charge is 0.245 e. The zero-order valence-corrected chi connectivity index (χ0v) is 12.5. The Morgan fingerprint density at radius 3 is 2.68 bits per heavy atom. The summed E-state index contributed by atoms with van der Waals surface area (Å²) in [5, 5.41) is 0.388. The molecule has 2 N–H and O–H groups in total. The summed E-state index contributed by atoms with van der Waals surface area (Å²) >= 11 is 5.89. The predicted octanol–water partition coefficient (Wildman–Crippen LogP) is 2.88. The standard InChI is InChI=1S/C13H19ClN2O2S/c1-2-3-8-16(11-5-6-11)19(17,18)13-9-10(14)4-7-12(13)15/h4,7,9,11H,2-3,5-6,8,15H2,1H3. The van der Waals surface area contributed by atoms with Crippen molar-refractivity contribution < 1.29 is 8.42 Å². The van der Waals surface area contributed by atoms with E-state index in [1.165, 1.54) is 6.07 Å². The van der Waals surface area contributed by atoms with Gasteiger partial charge in [0.1, 0.15) is 4.90 Å². The van der Waals surface area contributed by atoms with E-state index in [1.54, 1.807) is 16.4 Å². The number of halogens is 1. The van der Waals surface area contributed by atoms with Crippen molar-refractivity contribution in [1.29, 1.82) is 0 Å². The third-order valence-electron chi connectivity index (χ3n) is 3.25. The molecule has 0 amide bonds. The minimum absolute atomic E-state index is 0.128. The molecule has 4 nitrogen and oxygen atoms in total. The van der Waals surface area contributed by atoms with Crippen molar-refractivity contribution in [2.45, 2.75) is 43.5 Å². The van der Waals surface area contributed by atoms with Crippen molar-refractivity contribution >= 4 is 27.3 Å². The van der Waals surface area contributed by atoms with Gasteiger partial charge in [0.25, 0.3) is 0 Å². The summed E-state index contributed by atoms with van der Waals surface area (Å²) in [6, 6.07) is 4.71. The third-order valence-corrected chi connectivity index (χ3v) is 5.49. The topological polar surface area (TPSA) is 63.4 Å². The fourth-order valence-electron chi connectivity index (χ4n) is 2.03. The van der Waals surface area contributed by atoms with Crippen LogP contribution in [0.3, 0.4) is 0 Å². The maximum atomic E-state index is 12.7. The lowest BCUT2D eigenvalue weighted by atomic mass is 10.3. The maximum Gasteiger partial charge on any atom is 0.245 e. The number of hydrogen-bond acceptors (Lipinski definition) is 3. The number of sulfonamides is 1. The van der Waals surface area contributed by atoms with Crippen LogP contribution < -0.4 is 5.73 Å². The molecule has 1 aliphatic carbocycles. The quantitative estimate of drug-likeness (QED) is 0.822. The molecular weight excluding hydrogens is 284 g/mol. The zero-order chi connectivity index (χ0) is 14.0. The van der Waals surface area contributed by atoms with Crippen molar-refractivity contribution in [2.24, 2.45) is 0 Å². The first-order chi connectivity index (χ1) is 8.96. The minimum Gasteiger partial charge on any atom is -0.398 e. The number of nitrogens with two attached hydrogens (primary N) is 1. The summed E-state index contributed by atoms with van der Waals surface area (Å²) in [4.78, 5) is 0.128. The SMILES string of the molecule is CCCCN(C1CC1)S(=O)(=O)c1cc(Cl)ccc1N. The molecule has 6 heteroatoms. The van der Waals surface area contributed by atoms with Gasteiger partial charge < -0.3 is 5.73 Å². The van der Waals surface area contributed by atoms with Crippen LogP contribution in [0.5, 0.6) is 0 Å². The van der Waals surface area contributed by atoms with Crippen LogP contribution in [0.1, 0.15) is 32.6 Å². The lowest BCUT2D eigenvalue weighted by Crippen LogP contribution is -2.34. The van der Waals surface area contributed by atoms with Crippen LogP contribution in [0, 0.1) is 0 Å². The summed E-state index contributed by atoms with van der Waals surface area (Å²) in [6.45, 7) is 2.60. The average molecular weight is 303 g/mol. The van der Waals surface area contributed by atoms with Crippen LogP contribution in [0.4, 0.5) is 5.69 Å². The van der Waals surface area contributed by atoms with E-state index in [-0.39, 0.29) is 16.6 Å². The molecule has 1 aromatic carbocycles. The first-order valence-corrected chi connectivity index (χ1v) is 8.35. The second-order valence-electron chi connectivity index (χ2n) is 4.88. The van der Waals surface area contributed by atoms with E-state index in [2.05, 4.69) is 0 Å². The molecule has 0 aliphatic heterocycles. The molecule has 0 aromatic heterocycles. The highest BCUT2D eigenvalue weighted by molar-refractivity contribution is 7.89. The Labute approximate surface area is 119 Å². The van der Waals surface area contributed by atoms with Crippen LogP contribution in [0.25, 0.3) is 0 Å². The Hall–Kier alpha value is -0.780. The number of hydrogen-bond donors (Lipinski definition) is 1. The molecule has 0 radical (unpaired) electrons. The highest BCUT2D eigenvalue weighted by Gasteiger charge is 2.38. The molecule has 0 bridgehead atoms. The lowest BCUT2D eigenvalue weighted by Gasteiger charge is -2.22. The average Bonchev–Trinajstić information content (AvgIpc) is 3.17. The predicted molar refractivity (Wildman–Crippen MR) is 77.7 cm³/mol. The van der Waals surface area contributed by atoms with Crippen LogP contribution in [0.15, 0.2) is 23.1 Å². The molecule has 0 saturated heterocycles. The maximum absolute atomic E-state index is 12.7. The molecule has 0 heterocycles. The summed E-state index contributed by atoms with van der Waals surface area (Å²) in [7, 11) is -3.54. The number of unbranched alkanes of at least 4 members (excludes halogenated alkanes) is 1. The molecule has 19 heavy (non-hydrogen) atoms. The molecule has 1 aliphatic rings. The molecule has 0 unspecified atom stereocenters. The molecule has 1 aromatic rings. The second kappa shape index (κ2) is 5.69. The Morgan fingerprint density at radius 1 is 1.42 bits per heavy atom. The normalized spacial score (nSPS) is 15.9. The van der Waals surface area contributed by atoms with E-state index in [1.807, 2.05) is 6.92 Å². The van der Waals surface area contributed by atoms with Crippen molar-refractivity contribution in [1.82, 2.24) is 4.31 Å². The van der Waals surface area contributed by atoms with Gasteiger partial charge in [0.2, 0.25) is 10.0 Å². The van der Waals surface area contributed by atoms with Gasteiger partial charge in [-0.3, -0.25) is 0 Å². The van der Waals surface area contributed by atoms with Gasteiger partial charge in [0, 0.05) is 17.6 Å². The van der Waals surface area contributed by atoms with Crippen LogP contribution >= 0.6 is 11.6 Å². The van der Waals surface area contributed by atoms with Crippen LogP contribution in [-0.2, 0) is 10.0 Å². The van der Waals surface area contributed by atoms with Crippen molar-refractivity contribution in [2.75, 3.05) is 12.3 Å². The van der Waals surface area contributed by atoms with E-state index in [9.17, 15) is 8.42 Å². The second-order valence-corrected chi connectivity index (χ2v) is 7.18. The summed E-state index contributed by atoms with van der Waals surface area (Å²) in [6.07, 6.45) is 3.69. The monoisotopic (exact) mass is 302 g/mol. The Morgan fingerprint density at radius 2 is 2.11 bits per heavy atom. The van der Waals surface area contributed by atoms with E-state index in [0.29, 0.717) is 11.6 Å². The molecule has 0 atom stereocenters. The fraction of sp³-hybridized carbons (Fsp3) is 0.538. The largest absolute Gasteiger partial charge is 0.398 e. The highest BCUT2D eigenvalue weighted by atomic mass is 35.5. The third kappa shape index (κ3) is 3.22. The zero-order valence-electron chi connectivity index (χ0n) is 11.0. The van der Waals surface area contributed by atoms with E-state index in [0.717, 1.165) is 25.7 Å². The van der Waals surface area contributed by atoms with E-state index < -0.39 is 10.0 Å². The van der Waals surface area contributed by atoms with Crippen LogP contribution in [-0.4, -0.2) is 25.3 Å². The van der Waals surface area contributed by atoms with Gasteiger partial charge in [0.15, 0.2) is 0 Å². The van der Waals surface area contributed by atoms with E-state index >= 15 is 0 Å². The molecule has 1 saturated carbocycles. The summed E-state index contributed by atoms with van der Waals surface area (Å²) in [5.74, 6) is 0. The Kier molecular flexibility index (Phi) is 4.38. The van der Waals surface area contributed by atoms with Gasteiger partial charge in [-0.1, -0.05) is 24.9 Å². The number of anilines is 1. The Bertz CT molecular complexity index is 556. The summed E-state index contributed by atoms with van der Waals surface area (Å²) < 4.78 is 26.9. The Balaban J connectivity index is 2.35.